The van der Waals surface area contributed by atoms with Crippen molar-refractivity contribution in [2.75, 3.05) is 18.8 Å². The van der Waals surface area contributed by atoms with Crippen molar-refractivity contribution in [2.45, 2.75) is 39.7 Å². The maximum absolute atomic E-state index is 12.4. The van der Waals surface area contributed by atoms with Crippen LogP contribution in [0.4, 0.5) is 0 Å². The van der Waals surface area contributed by atoms with Gasteiger partial charge in [0.15, 0.2) is 0 Å². The van der Waals surface area contributed by atoms with Crippen LogP contribution in [0.2, 0.25) is 0 Å². The fraction of sp³-hybridized carbons (Fsp3) is 0.733. The van der Waals surface area contributed by atoms with E-state index < -0.39 is 10.0 Å². The molecule has 1 aliphatic heterocycles. The van der Waals surface area contributed by atoms with E-state index in [0.717, 1.165) is 11.3 Å². The summed E-state index contributed by atoms with van der Waals surface area (Å²) in [6, 6.07) is -0.103. The van der Waals surface area contributed by atoms with Gasteiger partial charge in [0, 0.05) is 37.3 Å². The molecule has 1 aliphatic rings. The molecule has 1 saturated heterocycles. The molecule has 23 heavy (non-hydrogen) atoms. The second-order valence-corrected chi connectivity index (χ2v) is 8.37. The molecule has 1 unspecified atom stereocenters. The van der Waals surface area contributed by atoms with E-state index in [9.17, 15) is 13.2 Å². The van der Waals surface area contributed by atoms with Gasteiger partial charge in [0.25, 0.3) is 0 Å². The van der Waals surface area contributed by atoms with E-state index >= 15 is 0 Å². The van der Waals surface area contributed by atoms with Crippen LogP contribution in [0.15, 0.2) is 6.20 Å². The summed E-state index contributed by atoms with van der Waals surface area (Å²) in [5.41, 5.74) is 2.04. The second-order valence-electron chi connectivity index (χ2n) is 6.11. The van der Waals surface area contributed by atoms with E-state index in [-0.39, 0.29) is 23.6 Å². The minimum Gasteiger partial charge on any atom is -0.349 e. The Balaban J connectivity index is 1.92. The van der Waals surface area contributed by atoms with Gasteiger partial charge in [-0.2, -0.15) is 5.10 Å². The molecular formula is C15H26N4O3S. The zero-order chi connectivity index (χ0) is 17.2. The van der Waals surface area contributed by atoms with Crippen LogP contribution in [0.25, 0.3) is 0 Å². The third-order valence-corrected chi connectivity index (χ3v) is 6.56. The van der Waals surface area contributed by atoms with Crippen LogP contribution in [0.3, 0.4) is 0 Å². The maximum atomic E-state index is 12.4. The number of hydrogen-bond donors (Lipinski definition) is 1. The largest absolute Gasteiger partial charge is 0.349 e. The first-order valence-corrected chi connectivity index (χ1v) is 9.64. The molecule has 1 aromatic heterocycles. The van der Waals surface area contributed by atoms with Gasteiger partial charge in [-0.15, -0.1) is 0 Å². The van der Waals surface area contributed by atoms with E-state index in [4.69, 9.17) is 0 Å². The molecular weight excluding hydrogens is 316 g/mol. The van der Waals surface area contributed by atoms with Gasteiger partial charge in [0.1, 0.15) is 0 Å². The van der Waals surface area contributed by atoms with Crippen molar-refractivity contribution in [1.82, 2.24) is 19.4 Å². The number of aromatic nitrogens is 2. The zero-order valence-corrected chi connectivity index (χ0v) is 15.1. The van der Waals surface area contributed by atoms with Crippen molar-refractivity contribution in [3.63, 3.8) is 0 Å². The van der Waals surface area contributed by atoms with Crippen molar-refractivity contribution in [2.24, 2.45) is 13.0 Å². The Morgan fingerprint density at radius 1 is 1.43 bits per heavy atom. The minimum absolute atomic E-state index is 0.00528. The summed E-state index contributed by atoms with van der Waals surface area (Å²) >= 11 is 0. The number of rotatable bonds is 5. The number of nitrogens with zero attached hydrogens (tertiary/aromatic N) is 3. The maximum Gasteiger partial charge on any atom is 0.223 e. The van der Waals surface area contributed by atoms with E-state index in [1.807, 2.05) is 20.9 Å². The summed E-state index contributed by atoms with van der Waals surface area (Å²) < 4.78 is 27.0. The van der Waals surface area contributed by atoms with Crippen LogP contribution >= 0.6 is 0 Å². The van der Waals surface area contributed by atoms with Gasteiger partial charge in [0.2, 0.25) is 15.9 Å². The third kappa shape index (κ3) is 3.92. The fourth-order valence-corrected chi connectivity index (χ4v) is 4.06. The molecule has 0 bridgehead atoms. The quantitative estimate of drug-likeness (QED) is 0.864. The average molecular weight is 342 g/mol. The van der Waals surface area contributed by atoms with E-state index in [0.29, 0.717) is 25.9 Å². The summed E-state index contributed by atoms with van der Waals surface area (Å²) in [5.74, 6) is -0.0201. The SMILES string of the molecule is CCS(=O)(=O)N1CCC(C(=O)NC(C)c2cnn(C)c2C)CC1. The van der Waals surface area contributed by atoms with Crippen molar-refractivity contribution in [3.05, 3.63) is 17.5 Å². The molecule has 0 radical (unpaired) electrons. The lowest BCUT2D eigenvalue weighted by atomic mass is 9.96. The van der Waals surface area contributed by atoms with Crippen LogP contribution in [0.5, 0.6) is 0 Å². The first-order chi connectivity index (χ1) is 10.8. The number of nitrogens with one attached hydrogen (secondary N) is 1. The summed E-state index contributed by atoms with van der Waals surface area (Å²) in [6.45, 7) is 6.41. The predicted molar refractivity (Wildman–Crippen MR) is 88.3 cm³/mol. The lowest BCUT2D eigenvalue weighted by Crippen LogP contribution is -2.43. The van der Waals surface area contributed by atoms with E-state index in [2.05, 4.69) is 10.4 Å². The topological polar surface area (TPSA) is 84.3 Å². The summed E-state index contributed by atoms with van der Waals surface area (Å²) in [7, 11) is -1.28. The molecule has 1 fully saturated rings. The standard InChI is InChI=1S/C15H26N4O3S/c1-5-23(21,22)19-8-6-13(7-9-19)15(20)17-11(2)14-10-16-18(4)12(14)3/h10-11,13H,5-9H2,1-4H3,(H,17,20). The number of aryl methyl sites for hydroxylation is 1. The molecule has 0 spiro atoms. The van der Waals surface area contributed by atoms with Crippen molar-refractivity contribution < 1.29 is 13.2 Å². The molecule has 0 aliphatic carbocycles. The average Bonchev–Trinajstić information content (AvgIpc) is 2.87. The van der Waals surface area contributed by atoms with Crippen LogP contribution in [0.1, 0.15) is 44.0 Å². The monoisotopic (exact) mass is 342 g/mol. The highest BCUT2D eigenvalue weighted by Gasteiger charge is 2.30. The highest BCUT2D eigenvalue weighted by Crippen LogP contribution is 2.22. The van der Waals surface area contributed by atoms with Gasteiger partial charge < -0.3 is 5.32 Å². The molecule has 1 amide bonds. The van der Waals surface area contributed by atoms with Crippen LogP contribution < -0.4 is 5.32 Å². The summed E-state index contributed by atoms with van der Waals surface area (Å²) in [5, 5.41) is 7.22. The van der Waals surface area contributed by atoms with Gasteiger partial charge in [-0.05, 0) is 33.6 Å². The number of sulfonamides is 1. The molecule has 2 heterocycles. The van der Waals surface area contributed by atoms with Crippen molar-refractivity contribution >= 4 is 15.9 Å². The number of carbonyl (C=O) groups excluding carboxylic acids is 1. The van der Waals surface area contributed by atoms with Gasteiger partial charge in [-0.25, -0.2) is 12.7 Å². The fourth-order valence-electron chi connectivity index (χ4n) is 2.93. The minimum atomic E-state index is -3.15. The van der Waals surface area contributed by atoms with Crippen molar-refractivity contribution in [3.8, 4) is 0 Å². The van der Waals surface area contributed by atoms with Gasteiger partial charge in [-0.3, -0.25) is 9.48 Å². The molecule has 0 saturated carbocycles. The van der Waals surface area contributed by atoms with Crippen LogP contribution in [-0.4, -0.2) is 47.3 Å². The van der Waals surface area contributed by atoms with Gasteiger partial charge >= 0.3 is 0 Å². The number of piperidine rings is 1. The van der Waals surface area contributed by atoms with Crippen molar-refractivity contribution in [1.29, 1.82) is 0 Å². The Bertz CT molecular complexity index is 660. The first-order valence-electron chi connectivity index (χ1n) is 8.03. The van der Waals surface area contributed by atoms with E-state index in [1.54, 1.807) is 17.8 Å². The van der Waals surface area contributed by atoms with E-state index in [1.165, 1.54) is 4.31 Å². The lowest BCUT2D eigenvalue weighted by molar-refractivity contribution is -0.126. The number of amides is 1. The Labute approximate surface area is 138 Å². The first kappa shape index (κ1) is 17.9. The Hall–Kier alpha value is -1.41. The molecule has 1 aromatic rings. The molecule has 1 atom stereocenters. The molecule has 2 rings (SSSR count). The molecule has 130 valence electrons. The number of hydrogen-bond acceptors (Lipinski definition) is 4. The Morgan fingerprint density at radius 2 is 2.04 bits per heavy atom. The zero-order valence-electron chi connectivity index (χ0n) is 14.2. The Kier molecular flexibility index (Phi) is 5.46. The lowest BCUT2D eigenvalue weighted by Gasteiger charge is -2.30. The molecule has 0 aromatic carbocycles. The second kappa shape index (κ2) is 7.00. The van der Waals surface area contributed by atoms with Crippen LogP contribution in [-0.2, 0) is 21.9 Å². The number of carbonyl (C=O) groups is 1. The van der Waals surface area contributed by atoms with Gasteiger partial charge in [-0.1, -0.05) is 0 Å². The third-order valence-electron chi connectivity index (χ3n) is 4.68. The molecule has 8 heteroatoms. The highest BCUT2D eigenvalue weighted by atomic mass is 32.2. The predicted octanol–water partition coefficient (Wildman–Crippen LogP) is 0.967. The van der Waals surface area contributed by atoms with Crippen LogP contribution in [0, 0.1) is 12.8 Å². The summed E-state index contributed by atoms with van der Waals surface area (Å²) in [6.07, 6.45) is 2.92. The summed E-state index contributed by atoms with van der Waals surface area (Å²) in [4.78, 5) is 12.4. The highest BCUT2D eigenvalue weighted by molar-refractivity contribution is 7.89. The van der Waals surface area contributed by atoms with Gasteiger partial charge in [0.05, 0.1) is 18.0 Å². The molecule has 7 nitrogen and oxygen atoms in total. The Morgan fingerprint density at radius 3 is 2.52 bits per heavy atom. The normalized spacial score (nSPS) is 18.8. The smallest absolute Gasteiger partial charge is 0.223 e. The molecule has 1 N–H and O–H groups in total.